The number of aliphatic imine (C=N–C) groups is 1. The van der Waals surface area contributed by atoms with Crippen LogP contribution in [-0.2, 0) is 31.3 Å². The van der Waals surface area contributed by atoms with E-state index in [0.717, 1.165) is 5.67 Å². The summed E-state index contributed by atoms with van der Waals surface area (Å²) in [6.07, 6.45) is 0. The van der Waals surface area contributed by atoms with Gasteiger partial charge in [-0.25, -0.2) is 4.99 Å². The first-order valence-electron chi connectivity index (χ1n) is 5.03. The molecule has 0 aromatic heterocycles. The first-order valence-corrected chi connectivity index (χ1v) is 5.47. The van der Waals surface area contributed by atoms with Crippen molar-refractivity contribution < 1.29 is 31.3 Å². The summed E-state index contributed by atoms with van der Waals surface area (Å²) >= 11 is 5.19. The van der Waals surface area contributed by atoms with Gasteiger partial charge < -0.3 is 4.90 Å². The molecular formula is C11H19ClN2O2Ti. The van der Waals surface area contributed by atoms with Gasteiger partial charge in [-0.3, -0.25) is 9.59 Å². The Bertz CT molecular complexity index is 302. The van der Waals surface area contributed by atoms with E-state index in [9.17, 15) is 9.59 Å². The Morgan fingerprint density at radius 1 is 1.06 bits per heavy atom. The van der Waals surface area contributed by atoms with Crippen molar-refractivity contribution in [2.75, 3.05) is 0 Å². The molecule has 0 saturated heterocycles. The average molecular weight is 295 g/mol. The minimum absolute atomic E-state index is 0. The first-order chi connectivity index (χ1) is 7.01. The van der Waals surface area contributed by atoms with Crippen molar-refractivity contribution in [3.05, 3.63) is 0 Å². The molecule has 0 aliphatic rings. The number of carbonyl (C=O) groups excluding carboxylic acids is 2. The zero-order chi connectivity index (χ0) is 13.1. The third kappa shape index (κ3) is 5.80. The molecule has 6 heteroatoms. The number of nitrogens with zero attached hydrogens (tertiary/aromatic N) is 2. The van der Waals surface area contributed by atoms with Crippen molar-refractivity contribution in [3.8, 4) is 0 Å². The molecule has 0 heterocycles. The molecule has 0 rings (SSSR count). The summed E-state index contributed by atoms with van der Waals surface area (Å²) in [5.74, 6) is -1.49. The monoisotopic (exact) mass is 294 g/mol. The van der Waals surface area contributed by atoms with Crippen LogP contribution in [0.5, 0.6) is 0 Å². The molecular weight excluding hydrogens is 275 g/mol. The molecule has 0 saturated carbocycles. The van der Waals surface area contributed by atoms with Crippen LogP contribution in [0.25, 0.3) is 0 Å². The predicted molar refractivity (Wildman–Crippen MR) is 65.7 cm³/mol. The van der Waals surface area contributed by atoms with Gasteiger partial charge in [0.15, 0.2) is 0 Å². The third-order valence-corrected chi connectivity index (χ3v) is 1.99. The molecule has 0 aliphatic heterocycles. The number of hydrogen-bond donors (Lipinski definition) is 0. The quantitative estimate of drug-likeness (QED) is 0.391. The van der Waals surface area contributed by atoms with Crippen LogP contribution in [0.1, 0.15) is 41.5 Å². The van der Waals surface area contributed by atoms with Crippen molar-refractivity contribution >= 4 is 29.1 Å². The van der Waals surface area contributed by atoms with Gasteiger partial charge in [-0.2, -0.15) is 0 Å². The van der Waals surface area contributed by atoms with E-state index in [-0.39, 0.29) is 21.7 Å². The number of rotatable bonds is 0. The van der Waals surface area contributed by atoms with Gasteiger partial charge in [-0.1, -0.05) is 11.6 Å². The summed E-state index contributed by atoms with van der Waals surface area (Å²) in [7, 11) is 0. The molecule has 0 aliphatic carbocycles. The number of halogens is 1. The van der Waals surface area contributed by atoms with Gasteiger partial charge in [0, 0.05) is 32.8 Å². The maximum atomic E-state index is 11.9. The van der Waals surface area contributed by atoms with E-state index < -0.39 is 22.9 Å². The van der Waals surface area contributed by atoms with Gasteiger partial charge in [-0.05, 0) is 41.5 Å². The fourth-order valence-electron chi connectivity index (χ4n) is 1.81. The Morgan fingerprint density at radius 2 is 1.41 bits per heavy atom. The van der Waals surface area contributed by atoms with Gasteiger partial charge in [0.1, 0.15) is 0 Å². The Labute approximate surface area is 123 Å². The topological polar surface area (TPSA) is 49.7 Å². The first kappa shape index (κ1) is 19.2. The van der Waals surface area contributed by atoms with Crippen molar-refractivity contribution in [2.45, 2.75) is 52.6 Å². The van der Waals surface area contributed by atoms with E-state index in [0.29, 0.717) is 0 Å². The molecule has 0 aromatic carbocycles. The zero-order valence-corrected chi connectivity index (χ0v) is 13.5. The molecule has 2 amide bonds. The Morgan fingerprint density at radius 3 is 1.65 bits per heavy atom. The van der Waals surface area contributed by atoms with Crippen LogP contribution in [0.15, 0.2) is 4.99 Å². The van der Waals surface area contributed by atoms with E-state index in [1.165, 1.54) is 4.90 Å². The van der Waals surface area contributed by atoms with Crippen LogP contribution in [-0.4, -0.2) is 33.5 Å². The van der Waals surface area contributed by atoms with Gasteiger partial charge in [0.05, 0.1) is 5.67 Å². The van der Waals surface area contributed by atoms with E-state index in [1.54, 1.807) is 0 Å². The normalized spacial score (nSPS) is 12.2. The Hall–Kier alpha value is -0.186. The van der Waals surface area contributed by atoms with Gasteiger partial charge in [-0.15, -0.1) is 0 Å². The minimum Gasteiger partial charge on any atom is -0.325 e. The number of carbonyl (C=O) groups is 2. The molecule has 96 valence electrons. The number of hydrogen-bond acceptors (Lipinski definition) is 2. The van der Waals surface area contributed by atoms with Gasteiger partial charge in [0.25, 0.3) is 0 Å². The third-order valence-electron chi connectivity index (χ3n) is 1.89. The van der Waals surface area contributed by atoms with Crippen molar-refractivity contribution in [1.29, 1.82) is 0 Å². The summed E-state index contributed by atoms with van der Waals surface area (Å²) in [6, 6.07) is 0. The molecule has 0 unspecified atom stereocenters. The summed E-state index contributed by atoms with van der Waals surface area (Å²) in [6.45, 7) is 11.2. The average Bonchev–Trinajstić information content (AvgIpc) is 1.98. The van der Waals surface area contributed by atoms with Gasteiger partial charge in [0.2, 0.25) is 0 Å². The molecule has 0 bridgehead atoms. The second-order valence-electron chi connectivity index (χ2n) is 5.51. The van der Waals surface area contributed by atoms with Crippen molar-refractivity contribution in [3.63, 3.8) is 0 Å². The zero-order valence-electron chi connectivity index (χ0n) is 11.2. The summed E-state index contributed by atoms with van der Waals surface area (Å²) in [5.41, 5.74) is -0.0939. The second-order valence-corrected chi connectivity index (χ2v) is 5.71. The molecule has 0 radical (unpaired) electrons. The minimum atomic E-state index is -0.847. The summed E-state index contributed by atoms with van der Waals surface area (Å²) < 4.78 is 0. The van der Waals surface area contributed by atoms with E-state index >= 15 is 0 Å². The smallest absolute Gasteiger partial charge is 0.325 e. The van der Waals surface area contributed by atoms with Crippen molar-refractivity contribution in [1.82, 2.24) is 4.90 Å². The standard InChI is InChI=1S/C11H19ClN2O2.Ti/c1-10(2,3)14(11(4,5)6)9(16)8(15)13-7-12;/h7H,1-6H3;. The Kier molecular flexibility index (Phi) is 7.52. The van der Waals surface area contributed by atoms with Crippen LogP contribution in [0.4, 0.5) is 0 Å². The van der Waals surface area contributed by atoms with E-state index in [1.807, 2.05) is 41.5 Å². The van der Waals surface area contributed by atoms with E-state index in [2.05, 4.69) is 4.99 Å². The van der Waals surface area contributed by atoms with Crippen LogP contribution >= 0.6 is 11.6 Å². The second kappa shape index (κ2) is 6.67. The largest absolute Gasteiger partial charge is 0.336 e. The van der Waals surface area contributed by atoms with Crippen LogP contribution in [0.3, 0.4) is 0 Å². The maximum Gasteiger partial charge on any atom is 0.336 e. The molecule has 0 aromatic rings. The fourth-order valence-corrected chi connectivity index (χ4v) is 1.90. The molecule has 0 fully saturated rings. The maximum absolute atomic E-state index is 11.9. The Balaban J connectivity index is 0. The molecule has 0 N–H and O–H groups in total. The molecule has 0 spiro atoms. The van der Waals surface area contributed by atoms with Crippen LogP contribution < -0.4 is 0 Å². The van der Waals surface area contributed by atoms with Crippen molar-refractivity contribution in [2.24, 2.45) is 4.99 Å². The molecule has 0 atom stereocenters. The molecule has 17 heavy (non-hydrogen) atoms. The van der Waals surface area contributed by atoms with Crippen LogP contribution in [0, 0.1) is 0 Å². The fraction of sp³-hybridized carbons (Fsp3) is 0.727. The predicted octanol–water partition coefficient (Wildman–Crippen LogP) is 2.20. The van der Waals surface area contributed by atoms with Crippen LogP contribution in [0.2, 0.25) is 0 Å². The SMILES string of the molecule is CC(C)(C)N(C(=O)C(=O)N=CCl)C(C)(C)C.[Ti]. The molecule has 4 nitrogen and oxygen atoms in total. The number of amides is 2. The summed E-state index contributed by atoms with van der Waals surface area (Å²) in [4.78, 5) is 28.1. The van der Waals surface area contributed by atoms with E-state index in [4.69, 9.17) is 11.6 Å². The van der Waals surface area contributed by atoms with Gasteiger partial charge >= 0.3 is 11.8 Å². The summed E-state index contributed by atoms with van der Waals surface area (Å²) in [5, 5.41) is 0.